The van der Waals surface area contributed by atoms with Crippen molar-refractivity contribution in [2.24, 2.45) is 0 Å². The maximum absolute atomic E-state index is 6.59. The van der Waals surface area contributed by atoms with E-state index in [1.807, 2.05) is 18.2 Å². The summed E-state index contributed by atoms with van der Waals surface area (Å²) in [6, 6.07) is 70.8. The number of pyridine rings is 1. The van der Waals surface area contributed by atoms with E-state index in [9.17, 15) is 0 Å². The molecule has 0 spiro atoms. The van der Waals surface area contributed by atoms with Crippen molar-refractivity contribution in [3.8, 4) is 45.2 Å². The topological polar surface area (TPSA) is 51.8 Å². The van der Waals surface area contributed by atoms with E-state index >= 15 is 0 Å². The van der Waals surface area contributed by atoms with E-state index in [1.165, 1.54) is 32.3 Å². The predicted octanol–water partition coefficient (Wildman–Crippen LogP) is 15.4. The molecule has 0 fully saturated rings. The minimum atomic E-state index is 0.661. The molecule has 0 saturated heterocycles. The first kappa shape index (κ1) is 33.7. The number of benzene rings is 10. The Morgan fingerprint density at radius 3 is 1.46 bits per heavy atom. The van der Waals surface area contributed by atoms with Gasteiger partial charge in [0.1, 0.15) is 11.2 Å². The highest BCUT2D eigenvalue weighted by Crippen LogP contribution is 2.42. The highest BCUT2D eigenvalue weighted by Gasteiger charge is 2.20. The summed E-state index contributed by atoms with van der Waals surface area (Å²) in [4.78, 5) is 16.1. The number of aromatic nitrogens is 3. The predicted molar refractivity (Wildman–Crippen MR) is 254 cm³/mol. The SMILES string of the molecule is c1ccc2c(c1)cc(-c1cc(-c3cc4ccccc4c4ccccc34)nc(-c3ccc(-c4nc5ccccc5c5c4ccc4c6ccccc6oc45)cc3)n1)c1ccccc12. The van der Waals surface area contributed by atoms with Gasteiger partial charge in [0.25, 0.3) is 0 Å². The second kappa shape index (κ2) is 13.2. The van der Waals surface area contributed by atoms with Gasteiger partial charge in [0.2, 0.25) is 0 Å². The van der Waals surface area contributed by atoms with Crippen LogP contribution in [0.3, 0.4) is 0 Å². The molecule has 3 aromatic heterocycles. The number of nitrogens with zero attached hydrogens (tertiary/aromatic N) is 3. The first-order valence-electron chi connectivity index (χ1n) is 20.7. The molecule has 4 nitrogen and oxygen atoms in total. The van der Waals surface area contributed by atoms with Gasteiger partial charge in [-0.1, -0.05) is 164 Å². The van der Waals surface area contributed by atoms with Gasteiger partial charge in [-0.2, -0.15) is 0 Å². The molecule has 61 heavy (non-hydrogen) atoms. The molecule has 0 amide bonds. The summed E-state index contributed by atoms with van der Waals surface area (Å²) in [5.41, 5.74) is 9.42. The Bertz CT molecular complexity index is 3800. The molecule has 3 heterocycles. The van der Waals surface area contributed by atoms with Crippen LogP contribution in [0.4, 0.5) is 0 Å². The van der Waals surface area contributed by atoms with Gasteiger partial charge < -0.3 is 4.42 Å². The second-order valence-electron chi connectivity index (χ2n) is 15.9. The quantitative estimate of drug-likeness (QED) is 0.167. The maximum atomic E-state index is 6.59. The van der Waals surface area contributed by atoms with Crippen LogP contribution in [0.5, 0.6) is 0 Å². The van der Waals surface area contributed by atoms with Crippen molar-refractivity contribution in [3.05, 3.63) is 200 Å². The lowest BCUT2D eigenvalue weighted by atomic mass is 9.93. The lowest BCUT2D eigenvalue weighted by molar-refractivity contribution is 0.673. The van der Waals surface area contributed by atoms with Crippen LogP contribution in [0.25, 0.3) is 132 Å². The molecule has 0 saturated carbocycles. The van der Waals surface area contributed by atoms with Gasteiger partial charge in [-0.05, 0) is 79.5 Å². The number of furan rings is 1. The van der Waals surface area contributed by atoms with Crippen molar-refractivity contribution < 1.29 is 4.42 Å². The van der Waals surface area contributed by atoms with Gasteiger partial charge >= 0.3 is 0 Å². The van der Waals surface area contributed by atoms with Crippen LogP contribution in [0.2, 0.25) is 0 Å². The Balaban J connectivity index is 1.03. The fourth-order valence-electron chi connectivity index (χ4n) is 9.60. The molecule has 0 N–H and O–H groups in total. The van der Waals surface area contributed by atoms with Crippen molar-refractivity contribution in [2.45, 2.75) is 0 Å². The average Bonchev–Trinajstić information content (AvgIpc) is 3.72. The summed E-state index contributed by atoms with van der Waals surface area (Å²) >= 11 is 0. The Labute approximate surface area is 350 Å². The van der Waals surface area contributed by atoms with E-state index in [-0.39, 0.29) is 0 Å². The number of para-hydroxylation sites is 2. The van der Waals surface area contributed by atoms with E-state index in [0.29, 0.717) is 5.82 Å². The Morgan fingerprint density at radius 2 is 0.820 bits per heavy atom. The molecule has 10 aromatic carbocycles. The molecule has 13 aromatic rings. The standard InChI is InChI=1S/C57H33N3O/c1-3-15-38-36(13-1)31-48(42-19-7-5-17-40(38)42)51-33-52(49-32-37-14-2-4-16-39(37)41-18-6-8-20-43(41)49)60-57(59-51)35-27-25-34(26-28-35)55-47-30-29-45-44-21-10-12-24-53(44)61-56(45)54(47)46-22-9-11-23-50(46)58-55/h1-33H. The van der Waals surface area contributed by atoms with E-state index in [2.05, 4.69) is 182 Å². The first-order valence-corrected chi connectivity index (χ1v) is 20.7. The molecule has 282 valence electrons. The molecule has 13 rings (SSSR count). The van der Waals surface area contributed by atoms with Crippen molar-refractivity contribution in [1.82, 2.24) is 15.0 Å². The zero-order valence-electron chi connectivity index (χ0n) is 32.8. The van der Waals surface area contributed by atoms with Crippen LogP contribution >= 0.6 is 0 Å². The number of hydrogen-bond donors (Lipinski definition) is 0. The lowest BCUT2D eigenvalue weighted by Crippen LogP contribution is -1.98. The van der Waals surface area contributed by atoms with E-state index < -0.39 is 0 Å². The highest BCUT2D eigenvalue weighted by atomic mass is 16.3. The van der Waals surface area contributed by atoms with Gasteiger partial charge in [0.15, 0.2) is 5.82 Å². The van der Waals surface area contributed by atoms with Gasteiger partial charge in [-0.15, -0.1) is 0 Å². The van der Waals surface area contributed by atoms with Crippen molar-refractivity contribution in [2.75, 3.05) is 0 Å². The molecule has 0 aliphatic carbocycles. The number of rotatable bonds is 4. The van der Waals surface area contributed by atoms with Gasteiger partial charge in [0, 0.05) is 49.2 Å². The molecular weight excluding hydrogens is 743 g/mol. The third-order valence-electron chi connectivity index (χ3n) is 12.4. The minimum absolute atomic E-state index is 0.661. The summed E-state index contributed by atoms with van der Waals surface area (Å²) < 4.78 is 6.59. The number of fused-ring (bicyclic) bond motifs is 13. The summed E-state index contributed by atoms with van der Waals surface area (Å²) in [6.45, 7) is 0. The highest BCUT2D eigenvalue weighted by molar-refractivity contribution is 6.25. The van der Waals surface area contributed by atoms with Crippen LogP contribution in [-0.4, -0.2) is 15.0 Å². The zero-order valence-corrected chi connectivity index (χ0v) is 32.8. The van der Waals surface area contributed by atoms with Crippen molar-refractivity contribution >= 4 is 86.7 Å². The van der Waals surface area contributed by atoms with Crippen LogP contribution in [0.15, 0.2) is 205 Å². The molecule has 0 aliphatic heterocycles. The second-order valence-corrected chi connectivity index (χ2v) is 15.9. The van der Waals surface area contributed by atoms with E-state index in [1.54, 1.807) is 0 Å². The molecule has 0 radical (unpaired) electrons. The van der Waals surface area contributed by atoms with Crippen molar-refractivity contribution in [3.63, 3.8) is 0 Å². The van der Waals surface area contributed by atoms with Crippen LogP contribution in [-0.2, 0) is 0 Å². The summed E-state index contributed by atoms with van der Waals surface area (Å²) in [6.07, 6.45) is 0. The Morgan fingerprint density at radius 1 is 0.328 bits per heavy atom. The summed E-state index contributed by atoms with van der Waals surface area (Å²) in [5, 5.41) is 14.9. The third-order valence-corrected chi connectivity index (χ3v) is 12.4. The molecular formula is C57H33N3O. The molecule has 4 heteroatoms. The van der Waals surface area contributed by atoms with Gasteiger partial charge in [-0.3, -0.25) is 0 Å². The molecule has 0 bridgehead atoms. The largest absolute Gasteiger partial charge is 0.455 e. The molecule has 0 unspecified atom stereocenters. The fourth-order valence-corrected chi connectivity index (χ4v) is 9.60. The fraction of sp³-hybridized carbons (Fsp3) is 0. The first-order chi connectivity index (χ1) is 30.2. The molecule has 0 atom stereocenters. The van der Waals surface area contributed by atoms with E-state index in [0.717, 1.165) is 93.7 Å². The summed E-state index contributed by atoms with van der Waals surface area (Å²) in [7, 11) is 0. The third kappa shape index (κ3) is 5.22. The maximum Gasteiger partial charge on any atom is 0.160 e. The average molecular weight is 776 g/mol. The van der Waals surface area contributed by atoms with Crippen LogP contribution in [0, 0.1) is 0 Å². The summed E-state index contributed by atoms with van der Waals surface area (Å²) in [5.74, 6) is 0.661. The lowest BCUT2D eigenvalue weighted by Gasteiger charge is -2.15. The van der Waals surface area contributed by atoms with Gasteiger partial charge in [0.05, 0.1) is 22.6 Å². The monoisotopic (exact) mass is 775 g/mol. The molecule has 0 aliphatic rings. The van der Waals surface area contributed by atoms with E-state index in [4.69, 9.17) is 19.4 Å². The Kier molecular flexibility index (Phi) is 7.27. The Hall–Kier alpha value is -8.21. The minimum Gasteiger partial charge on any atom is -0.455 e. The van der Waals surface area contributed by atoms with Gasteiger partial charge in [-0.25, -0.2) is 15.0 Å². The number of hydrogen-bond acceptors (Lipinski definition) is 4. The normalized spacial score (nSPS) is 11.9. The smallest absolute Gasteiger partial charge is 0.160 e. The van der Waals surface area contributed by atoms with Crippen molar-refractivity contribution in [1.29, 1.82) is 0 Å². The zero-order chi connectivity index (χ0) is 40.0. The van der Waals surface area contributed by atoms with Crippen LogP contribution < -0.4 is 0 Å². The van der Waals surface area contributed by atoms with Crippen LogP contribution in [0.1, 0.15) is 0 Å².